The highest BCUT2D eigenvalue weighted by Crippen LogP contribution is 2.22. The standard InChI is InChI=1S/C13H23IO2/c1-9(7-14)5-11(3)13(16)12(4)6-10(2)8-15/h6-7,11-13,15-16H,5,8H2,1-4H3/b9-7+,10-6+/t11-,12+,13-/m0/s1. The lowest BCUT2D eigenvalue weighted by Gasteiger charge is -2.23. The molecule has 0 aromatic carbocycles. The molecule has 0 unspecified atom stereocenters. The van der Waals surface area contributed by atoms with E-state index in [1.54, 1.807) is 0 Å². The van der Waals surface area contributed by atoms with E-state index in [-0.39, 0.29) is 24.5 Å². The molecular formula is C13H23IO2. The zero-order valence-electron chi connectivity index (χ0n) is 10.6. The number of rotatable bonds is 6. The highest BCUT2D eigenvalue weighted by molar-refractivity contribution is 14.1. The van der Waals surface area contributed by atoms with Gasteiger partial charge in [-0.15, -0.1) is 0 Å². The van der Waals surface area contributed by atoms with Gasteiger partial charge in [0, 0.05) is 5.92 Å². The van der Waals surface area contributed by atoms with E-state index in [1.807, 2.05) is 19.9 Å². The summed E-state index contributed by atoms with van der Waals surface area (Å²) in [6, 6.07) is 0. The molecular weight excluding hydrogens is 315 g/mol. The van der Waals surface area contributed by atoms with Crippen LogP contribution in [0, 0.1) is 11.8 Å². The van der Waals surface area contributed by atoms with Crippen LogP contribution in [-0.4, -0.2) is 22.9 Å². The Morgan fingerprint density at radius 3 is 2.25 bits per heavy atom. The molecule has 0 spiro atoms. The Kier molecular flexibility index (Phi) is 8.32. The first-order valence-electron chi connectivity index (χ1n) is 5.64. The Morgan fingerprint density at radius 2 is 1.81 bits per heavy atom. The number of hydrogen-bond donors (Lipinski definition) is 2. The van der Waals surface area contributed by atoms with Crippen molar-refractivity contribution in [2.45, 2.75) is 40.2 Å². The van der Waals surface area contributed by atoms with Crippen LogP contribution in [0.5, 0.6) is 0 Å². The van der Waals surface area contributed by atoms with Crippen LogP contribution in [0.1, 0.15) is 34.1 Å². The second-order valence-corrected chi connectivity index (χ2v) is 5.28. The summed E-state index contributed by atoms with van der Waals surface area (Å²) in [5, 5.41) is 19.0. The number of halogens is 1. The van der Waals surface area contributed by atoms with Crippen LogP contribution in [-0.2, 0) is 0 Å². The van der Waals surface area contributed by atoms with Crippen LogP contribution >= 0.6 is 22.6 Å². The van der Waals surface area contributed by atoms with Crippen LogP contribution in [0.3, 0.4) is 0 Å². The van der Waals surface area contributed by atoms with Gasteiger partial charge in [0.15, 0.2) is 0 Å². The average molecular weight is 338 g/mol. The Bertz CT molecular complexity index is 259. The van der Waals surface area contributed by atoms with Crippen molar-refractivity contribution < 1.29 is 10.2 Å². The molecule has 0 rings (SSSR count). The van der Waals surface area contributed by atoms with Gasteiger partial charge in [-0.25, -0.2) is 0 Å². The van der Waals surface area contributed by atoms with Gasteiger partial charge in [0.1, 0.15) is 0 Å². The highest BCUT2D eigenvalue weighted by Gasteiger charge is 2.19. The molecule has 16 heavy (non-hydrogen) atoms. The van der Waals surface area contributed by atoms with Gasteiger partial charge in [0.05, 0.1) is 12.7 Å². The van der Waals surface area contributed by atoms with Crippen LogP contribution in [0.4, 0.5) is 0 Å². The van der Waals surface area contributed by atoms with Crippen molar-refractivity contribution in [2.24, 2.45) is 11.8 Å². The maximum absolute atomic E-state index is 10.1. The summed E-state index contributed by atoms with van der Waals surface area (Å²) in [5.41, 5.74) is 2.21. The van der Waals surface area contributed by atoms with Crippen LogP contribution in [0.2, 0.25) is 0 Å². The molecule has 2 N–H and O–H groups in total. The number of aliphatic hydroxyl groups is 2. The van der Waals surface area contributed by atoms with Crippen molar-refractivity contribution in [1.29, 1.82) is 0 Å². The lowest BCUT2D eigenvalue weighted by atomic mass is 9.88. The third kappa shape index (κ3) is 6.01. The van der Waals surface area contributed by atoms with Gasteiger partial charge >= 0.3 is 0 Å². The van der Waals surface area contributed by atoms with Gasteiger partial charge in [-0.1, -0.05) is 53.7 Å². The molecule has 0 aromatic rings. The first-order chi connectivity index (χ1) is 7.42. The first kappa shape index (κ1) is 16.1. The summed E-state index contributed by atoms with van der Waals surface area (Å²) in [5.74, 6) is 0.327. The van der Waals surface area contributed by atoms with E-state index in [0.717, 1.165) is 12.0 Å². The third-order valence-electron chi connectivity index (χ3n) is 2.75. The zero-order chi connectivity index (χ0) is 12.7. The molecule has 0 saturated heterocycles. The fraction of sp³-hybridized carbons (Fsp3) is 0.692. The van der Waals surface area contributed by atoms with Crippen LogP contribution in [0.15, 0.2) is 21.3 Å². The molecule has 94 valence electrons. The largest absolute Gasteiger partial charge is 0.392 e. The summed E-state index contributed by atoms with van der Waals surface area (Å²) in [7, 11) is 0. The van der Waals surface area contributed by atoms with E-state index in [2.05, 4.69) is 40.5 Å². The van der Waals surface area contributed by atoms with Gasteiger partial charge in [0.2, 0.25) is 0 Å². The summed E-state index contributed by atoms with van der Waals surface area (Å²) in [4.78, 5) is 0. The molecule has 0 fully saturated rings. The third-order valence-corrected chi connectivity index (χ3v) is 3.81. The Balaban J connectivity index is 4.37. The molecule has 0 aliphatic carbocycles. The second-order valence-electron chi connectivity index (χ2n) is 4.66. The van der Waals surface area contributed by atoms with Gasteiger partial charge in [-0.05, 0) is 30.3 Å². The molecule has 2 nitrogen and oxygen atoms in total. The molecule has 0 aromatic heterocycles. The molecule has 3 atom stereocenters. The zero-order valence-corrected chi connectivity index (χ0v) is 12.7. The fourth-order valence-corrected chi connectivity index (χ4v) is 2.05. The monoisotopic (exact) mass is 338 g/mol. The van der Waals surface area contributed by atoms with E-state index in [4.69, 9.17) is 5.11 Å². The summed E-state index contributed by atoms with van der Waals surface area (Å²) < 4.78 is 2.06. The quantitative estimate of drug-likeness (QED) is 0.576. The predicted molar refractivity (Wildman–Crippen MR) is 77.6 cm³/mol. The number of aliphatic hydroxyl groups excluding tert-OH is 2. The predicted octanol–water partition coefficient (Wildman–Crippen LogP) is 3.29. The van der Waals surface area contributed by atoms with Gasteiger partial charge in [-0.2, -0.15) is 0 Å². The van der Waals surface area contributed by atoms with E-state index in [0.29, 0.717) is 0 Å². The highest BCUT2D eigenvalue weighted by atomic mass is 127. The first-order valence-corrected chi connectivity index (χ1v) is 6.89. The molecule has 0 bridgehead atoms. The number of hydrogen-bond acceptors (Lipinski definition) is 2. The summed E-state index contributed by atoms with van der Waals surface area (Å²) >= 11 is 2.22. The molecule has 0 amide bonds. The van der Waals surface area contributed by atoms with Gasteiger partial charge in [-0.3, -0.25) is 0 Å². The van der Waals surface area contributed by atoms with E-state index in [9.17, 15) is 5.11 Å². The maximum atomic E-state index is 10.1. The molecule has 0 aliphatic rings. The molecule has 0 heterocycles. The minimum absolute atomic E-state index is 0.0676. The molecule has 0 aliphatic heterocycles. The van der Waals surface area contributed by atoms with Gasteiger partial charge in [0.25, 0.3) is 0 Å². The Labute approximate surface area is 113 Å². The van der Waals surface area contributed by atoms with E-state index < -0.39 is 0 Å². The average Bonchev–Trinajstić information content (AvgIpc) is 2.27. The minimum atomic E-state index is -0.354. The Morgan fingerprint density at radius 1 is 1.25 bits per heavy atom. The SMILES string of the molecule is C/C(=C\[C@@H](C)[C@@H](O)[C@@H](C)C/C(C)=C/I)CO. The van der Waals surface area contributed by atoms with E-state index in [1.165, 1.54) is 5.57 Å². The summed E-state index contributed by atoms with van der Waals surface area (Å²) in [6.07, 6.45) is 2.51. The van der Waals surface area contributed by atoms with Crippen LogP contribution in [0.25, 0.3) is 0 Å². The van der Waals surface area contributed by atoms with Crippen molar-refractivity contribution in [3.63, 3.8) is 0 Å². The van der Waals surface area contributed by atoms with Crippen molar-refractivity contribution in [1.82, 2.24) is 0 Å². The van der Waals surface area contributed by atoms with Gasteiger partial charge < -0.3 is 10.2 Å². The molecule has 0 radical (unpaired) electrons. The van der Waals surface area contributed by atoms with Crippen molar-refractivity contribution in [2.75, 3.05) is 6.61 Å². The van der Waals surface area contributed by atoms with Crippen molar-refractivity contribution in [3.8, 4) is 0 Å². The second kappa shape index (κ2) is 8.25. The fourth-order valence-electron chi connectivity index (χ4n) is 1.79. The molecule has 0 saturated carbocycles. The normalized spacial score (nSPS) is 19.4. The lowest BCUT2D eigenvalue weighted by Crippen LogP contribution is -2.25. The van der Waals surface area contributed by atoms with Crippen LogP contribution < -0.4 is 0 Å². The lowest BCUT2D eigenvalue weighted by molar-refractivity contribution is 0.0826. The molecule has 3 heteroatoms. The Hall–Kier alpha value is 0.130. The number of allylic oxidation sites excluding steroid dienone is 1. The van der Waals surface area contributed by atoms with Crippen molar-refractivity contribution in [3.05, 3.63) is 21.3 Å². The maximum Gasteiger partial charge on any atom is 0.0639 e. The van der Waals surface area contributed by atoms with E-state index >= 15 is 0 Å². The smallest absolute Gasteiger partial charge is 0.0639 e. The minimum Gasteiger partial charge on any atom is -0.392 e. The summed E-state index contributed by atoms with van der Waals surface area (Å²) in [6.45, 7) is 8.08. The topological polar surface area (TPSA) is 40.5 Å². The van der Waals surface area contributed by atoms with Crippen molar-refractivity contribution >= 4 is 22.6 Å².